The summed E-state index contributed by atoms with van der Waals surface area (Å²) in [5.74, 6) is -2.53. The molecule has 0 aliphatic heterocycles. The number of rotatable bonds is 3. The summed E-state index contributed by atoms with van der Waals surface area (Å²) in [6, 6.07) is 8.39. The highest BCUT2D eigenvalue weighted by Gasteiger charge is 2.22. The van der Waals surface area contributed by atoms with Crippen molar-refractivity contribution in [2.75, 3.05) is 0 Å². The van der Waals surface area contributed by atoms with Crippen LogP contribution in [-0.2, 0) is 0 Å². The molecule has 4 heteroatoms. The van der Waals surface area contributed by atoms with Crippen molar-refractivity contribution in [1.82, 2.24) is 0 Å². The van der Waals surface area contributed by atoms with Crippen LogP contribution in [0.2, 0.25) is 0 Å². The van der Waals surface area contributed by atoms with Crippen LogP contribution in [-0.4, -0.2) is 22.2 Å². The Labute approximate surface area is 103 Å². The standard InChI is InChI=1S/C14H10O4/c1-2-8-7-9-5-3-4-6-10(9)12(14(17)18)11(8)13(15)16/h2-7H,1H2,(H,15,16)(H,17,18). The number of carbonyl (C=O) groups is 2. The van der Waals surface area contributed by atoms with Crippen LogP contribution >= 0.6 is 0 Å². The van der Waals surface area contributed by atoms with E-state index in [1.807, 2.05) is 0 Å². The van der Waals surface area contributed by atoms with Crippen LogP contribution in [0.5, 0.6) is 0 Å². The summed E-state index contributed by atoms with van der Waals surface area (Å²) in [7, 11) is 0. The van der Waals surface area contributed by atoms with E-state index in [-0.39, 0.29) is 11.1 Å². The van der Waals surface area contributed by atoms with Crippen LogP contribution in [0.3, 0.4) is 0 Å². The van der Waals surface area contributed by atoms with Crippen LogP contribution in [0.1, 0.15) is 26.3 Å². The van der Waals surface area contributed by atoms with E-state index in [0.29, 0.717) is 16.3 Å². The second-order valence-electron chi connectivity index (χ2n) is 3.75. The smallest absolute Gasteiger partial charge is 0.337 e. The maximum atomic E-state index is 11.3. The fourth-order valence-corrected chi connectivity index (χ4v) is 1.98. The van der Waals surface area contributed by atoms with Gasteiger partial charge in [-0.1, -0.05) is 36.9 Å². The van der Waals surface area contributed by atoms with Gasteiger partial charge in [-0.2, -0.15) is 0 Å². The van der Waals surface area contributed by atoms with Gasteiger partial charge in [0.05, 0.1) is 11.1 Å². The molecule has 0 saturated heterocycles. The number of carboxylic acid groups (broad SMARTS) is 2. The lowest BCUT2D eigenvalue weighted by Crippen LogP contribution is -2.11. The van der Waals surface area contributed by atoms with Crippen molar-refractivity contribution in [3.63, 3.8) is 0 Å². The van der Waals surface area contributed by atoms with Gasteiger partial charge in [0, 0.05) is 0 Å². The first-order valence-corrected chi connectivity index (χ1v) is 5.21. The zero-order valence-corrected chi connectivity index (χ0v) is 9.38. The molecule has 0 aliphatic carbocycles. The third kappa shape index (κ3) is 1.73. The van der Waals surface area contributed by atoms with Crippen molar-refractivity contribution < 1.29 is 19.8 Å². The Morgan fingerprint density at radius 1 is 1.06 bits per heavy atom. The summed E-state index contributed by atoms with van der Waals surface area (Å²) < 4.78 is 0. The normalized spacial score (nSPS) is 10.2. The number of benzene rings is 2. The van der Waals surface area contributed by atoms with Gasteiger partial charge in [0.25, 0.3) is 0 Å². The Bertz CT molecular complexity index is 671. The average molecular weight is 242 g/mol. The minimum Gasteiger partial charge on any atom is -0.478 e. The third-order valence-electron chi connectivity index (χ3n) is 2.73. The molecule has 2 N–H and O–H groups in total. The molecule has 0 fully saturated rings. The van der Waals surface area contributed by atoms with Crippen LogP contribution in [0.15, 0.2) is 36.9 Å². The lowest BCUT2D eigenvalue weighted by atomic mass is 9.94. The summed E-state index contributed by atoms with van der Waals surface area (Å²) in [5, 5.41) is 19.5. The molecule has 0 aromatic heterocycles. The van der Waals surface area contributed by atoms with Gasteiger partial charge in [0.15, 0.2) is 0 Å². The Balaban J connectivity index is 3.03. The number of carboxylic acids is 2. The molecule has 0 unspecified atom stereocenters. The van der Waals surface area contributed by atoms with E-state index in [1.165, 1.54) is 6.08 Å². The fourth-order valence-electron chi connectivity index (χ4n) is 1.98. The molecule has 2 aromatic carbocycles. The highest BCUT2D eigenvalue weighted by molar-refractivity contribution is 6.13. The van der Waals surface area contributed by atoms with E-state index in [1.54, 1.807) is 30.3 Å². The number of fused-ring (bicyclic) bond motifs is 1. The quantitative estimate of drug-likeness (QED) is 0.867. The number of hydrogen-bond acceptors (Lipinski definition) is 2. The van der Waals surface area contributed by atoms with E-state index in [4.69, 9.17) is 0 Å². The Morgan fingerprint density at radius 2 is 1.67 bits per heavy atom. The Kier molecular flexibility index (Phi) is 2.85. The van der Waals surface area contributed by atoms with Crippen LogP contribution in [0.4, 0.5) is 0 Å². The van der Waals surface area contributed by atoms with Crippen LogP contribution in [0, 0.1) is 0 Å². The van der Waals surface area contributed by atoms with Gasteiger partial charge in [0.1, 0.15) is 0 Å². The molecule has 0 amide bonds. The first kappa shape index (κ1) is 11.9. The van der Waals surface area contributed by atoms with Crippen molar-refractivity contribution in [2.24, 2.45) is 0 Å². The van der Waals surface area contributed by atoms with Gasteiger partial charge in [0.2, 0.25) is 0 Å². The molecule has 0 aliphatic rings. The predicted molar refractivity (Wildman–Crippen MR) is 68.0 cm³/mol. The van der Waals surface area contributed by atoms with E-state index < -0.39 is 11.9 Å². The molecule has 0 saturated carbocycles. The summed E-state index contributed by atoms with van der Waals surface area (Å²) in [4.78, 5) is 22.5. The van der Waals surface area contributed by atoms with E-state index >= 15 is 0 Å². The average Bonchev–Trinajstić information content (AvgIpc) is 2.35. The molecular formula is C14H10O4. The van der Waals surface area contributed by atoms with Crippen molar-refractivity contribution >= 4 is 28.8 Å². The van der Waals surface area contributed by atoms with Gasteiger partial charge >= 0.3 is 11.9 Å². The minimum absolute atomic E-state index is 0.199. The van der Waals surface area contributed by atoms with E-state index in [9.17, 15) is 19.8 Å². The molecule has 0 atom stereocenters. The first-order valence-electron chi connectivity index (χ1n) is 5.21. The van der Waals surface area contributed by atoms with Gasteiger partial charge in [-0.15, -0.1) is 0 Å². The van der Waals surface area contributed by atoms with Crippen molar-refractivity contribution in [3.05, 3.63) is 53.6 Å². The van der Waals surface area contributed by atoms with Crippen molar-refractivity contribution in [2.45, 2.75) is 0 Å². The second-order valence-corrected chi connectivity index (χ2v) is 3.75. The third-order valence-corrected chi connectivity index (χ3v) is 2.73. The molecule has 4 nitrogen and oxygen atoms in total. The number of aromatic carboxylic acids is 2. The molecular weight excluding hydrogens is 232 g/mol. The predicted octanol–water partition coefficient (Wildman–Crippen LogP) is 2.88. The first-order chi connectivity index (χ1) is 8.56. The lowest BCUT2D eigenvalue weighted by molar-refractivity contribution is 0.0653. The molecule has 0 bridgehead atoms. The van der Waals surface area contributed by atoms with Crippen molar-refractivity contribution in [3.8, 4) is 0 Å². The Hall–Kier alpha value is -2.62. The summed E-state index contributed by atoms with van der Waals surface area (Å²) >= 11 is 0. The van der Waals surface area contributed by atoms with E-state index in [0.717, 1.165) is 0 Å². The molecule has 2 aromatic rings. The minimum atomic E-state index is -1.27. The van der Waals surface area contributed by atoms with Gasteiger partial charge in [-0.05, 0) is 22.4 Å². The highest BCUT2D eigenvalue weighted by Crippen LogP contribution is 2.27. The van der Waals surface area contributed by atoms with Gasteiger partial charge < -0.3 is 10.2 Å². The monoisotopic (exact) mass is 242 g/mol. The second kappa shape index (κ2) is 4.33. The topological polar surface area (TPSA) is 74.6 Å². The summed E-state index contributed by atoms with van der Waals surface area (Å²) in [5.41, 5.74) is -0.120. The summed E-state index contributed by atoms with van der Waals surface area (Å²) in [6.07, 6.45) is 1.35. The molecule has 2 rings (SSSR count). The van der Waals surface area contributed by atoms with Crippen LogP contribution in [0.25, 0.3) is 16.8 Å². The zero-order chi connectivity index (χ0) is 13.3. The molecule has 90 valence electrons. The summed E-state index contributed by atoms with van der Waals surface area (Å²) in [6.45, 7) is 3.52. The molecule has 0 heterocycles. The molecule has 0 radical (unpaired) electrons. The van der Waals surface area contributed by atoms with E-state index in [2.05, 4.69) is 6.58 Å². The largest absolute Gasteiger partial charge is 0.478 e. The Morgan fingerprint density at radius 3 is 2.22 bits per heavy atom. The SMILES string of the molecule is C=Cc1cc2ccccc2c(C(=O)O)c1C(=O)O. The lowest BCUT2D eigenvalue weighted by Gasteiger charge is -2.10. The maximum absolute atomic E-state index is 11.3. The number of hydrogen-bond donors (Lipinski definition) is 2. The van der Waals surface area contributed by atoms with Crippen LogP contribution < -0.4 is 0 Å². The molecule has 18 heavy (non-hydrogen) atoms. The van der Waals surface area contributed by atoms with Gasteiger partial charge in [-0.3, -0.25) is 0 Å². The van der Waals surface area contributed by atoms with Gasteiger partial charge in [-0.25, -0.2) is 9.59 Å². The van der Waals surface area contributed by atoms with Crippen molar-refractivity contribution in [1.29, 1.82) is 0 Å². The zero-order valence-electron chi connectivity index (χ0n) is 9.38. The molecule has 0 spiro atoms. The highest BCUT2D eigenvalue weighted by atomic mass is 16.4. The maximum Gasteiger partial charge on any atom is 0.337 e. The fraction of sp³-hybridized carbons (Fsp3) is 0.